The summed E-state index contributed by atoms with van der Waals surface area (Å²) >= 11 is 0. The van der Waals surface area contributed by atoms with Gasteiger partial charge in [-0.3, -0.25) is 4.79 Å². The number of nitrogens with one attached hydrogen (secondary N) is 1. The molecule has 1 amide bonds. The molecule has 5 heteroatoms. The lowest BCUT2D eigenvalue weighted by molar-refractivity contribution is -0.125. The molecule has 0 aromatic heterocycles. The van der Waals surface area contributed by atoms with E-state index in [-0.39, 0.29) is 11.9 Å². The van der Waals surface area contributed by atoms with Gasteiger partial charge in [0.05, 0.1) is 11.8 Å². The quantitative estimate of drug-likeness (QED) is 0.876. The van der Waals surface area contributed by atoms with Gasteiger partial charge in [0.2, 0.25) is 5.91 Å². The number of carbonyl (C=O) groups excluding carboxylic acids is 1. The number of primary amides is 1. The van der Waals surface area contributed by atoms with Crippen molar-refractivity contribution in [1.82, 2.24) is 0 Å². The zero-order valence-electron chi connectivity index (χ0n) is 11.0. The number of carbonyl (C=O) groups is 1. The highest BCUT2D eigenvalue weighted by molar-refractivity contribution is 5.88. The number of hydrogen-bond acceptors (Lipinski definition) is 3. The van der Waals surface area contributed by atoms with Crippen molar-refractivity contribution >= 4 is 11.6 Å². The van der Waals surface area contributed by atoms with Crippen LogP contribution in [0.4, 0.5) is 10.1 Å². The van der Waals surface area contributed by atoms with E-state index in [0.717, 1.165) is 12.8 Å². The summed E-state index contributed by atoms with van der Waals surface area (Å²) in [6, 6.07) is 6.29. The van der Waals surface area contributed by atoms with Gasteiger partial charge in [-0.2, -0.15) is 0 Å². The van der Waals surface area contributed by atoms with Gasteiger partial charge in [0.25, 0.3) is 0 Å². The molecule has 4 nitrogen and oxygen atoms in total. The second-order valence-corrected chi connectivity index (χ2v) is 5.01. The Balaban J connectivity index is 2.25. The first-order valence-electron chi connectivity index (χ1n) is 6.43. The van der Waals surface area contributed by atoms with Gasteiger partial charge in [-0.05, 0) is 31.4 Å². The number of hydrogen-bond donors (Lipinski definition) is 2. The molecule has 0 aliphatic heterocycles. The summed E-state index contributed by atoms with van der Waals surface area (Å²) in [4.78, 5) is 11.8. The topological polar surface area (TPSA) is 64.3 Å². The molecule has 1 aromatic carbocycles. The van der Waals surface area contributed by atoms with Gasteiger partial charge < -0.3 is 15.8 Å². The Hall–Kier alpha value is -1.62. The van der Waals surface area contributed by atoms with Crippen molar-refractivity contribution in [2.24, 2.45) is 5.73 Å². The van der Waals surface area contributed by atoms with Crippen molar-refractivity contribution in [3.05, 3.63) is 30.1 Å². The Morgan fingerprint density at radius 2 is 2.26 bits per heavy atom. The maximum Gasteiger partial charge on any atom is 0.243 e. The van der Waals surface area contributed by atoms with Crippen molar-refractivity contribution < 1.29 is 13.9 Å². The Bertz CT molecular complexity index is 467. The number of amides is 1. The monoisotopic (exact) mass is 266 g/mol. The molecule has 1 fully saturated rings. The lowest BCUT2D eigenvalue weighted by atomic mass is 9.79. The fourth-order valence-electron chi connectivity index (χ4n) is 2.64. The number of para-hydroxylation sites is 1. The standard InChI is InChI=1S/C14H19FN2O2/c1-19-10-5-4-8-14(9-10,13(16)18)17-12-7-3-2-6-11(12)15/h2-3,6-7,10,17H,4-5,8-9H2,1H3,(H2,16,18). The third kappa shape index (κ3) is 2.87. The number of benzene rings is 1. The molecule has 1 aliphatic carbocycles. The van der Waals surface area contributed by atoms with Crippen LogP contribution in [0.2, 0.25) is 0 Å². The molecule has 2 unspecified atom stereocenters. The molecule has 19 heavy (non-hydrogen) atoms. The second kappa shape index (κ2) is 5.57. The molecule has 0 spiro atoms. The molecule has 3 N–H and O–H groups in total. The van der Waals surface area contributed by atoms with E-state index in [9.17, 15) is 9.18 Å². The summed E-state index contributed by atoms with van der Waals surface area (Å²) in [5, 5.41) is 3.00. The summed E-state index contributed by atoms with van der Waals surface area (Å²) in [6.45, 7) is 0. The average Bonchev–Trinajstić information content (AvgIpc) is 2.41. The van der Waals surface area contributed by atoms with Crippen LogP contribution in [0.5, 0.6) is 0 Å². The average molecular weight is 266 g/mol. The maximum absolute atomic E-state index is 13.7. The molecule has 2 atom stereocenters. The number of rotatable bonds is 4. The van der Waals surface area contributed by atoms with Crippen LogP contribution in [0.25, 0.3) is 0 Å². The van der Waals surface area contributed by atoms with Gasteiger partial charge in [-0.1, -0.05) is 12.1 Å². The highest BCUT2D eigenvalue weighted by atomic mass is 19.1. The van der Waals surface area contributed by atoms with Gasteiger partial charge in [0, 0.05) is 13.5 Å². The Kier molecular flexibility index (Phi) is 4.04. The van der Waals surface area contributed by atoms with Crippen LogP contribution < -0.4 is 11.1 Å². The van der Waals surface area contributed by atoms with Crippen molar-refractivity contribution in [3.63, 3.8) is 0 Å². The second-order valence-electron chi connectivity index (χ2n) is 5.01. The van der Waals surface area contributed by atoms with Crippen LogP contribution in [0.1, 0.15) is 25.7 Å². The maximum atomic E-state index is 13.7. The Labute approximate surface area is 112 Å². The predicted octanol–water partition coefficient (Wildman–Crippen LogP) is 2.05. The minimum atomic E-state index is -0.929. The largest absolute Gasteiger partial charge is 0.381 e. The summed E-state index contributed by atoms with van der Waals surface area (Å²) in [7, 11) is 1.62. The van der Waals surface area contributed by atoms with Crippen molar-refractivity contribution in [1.29, 1.82) is 0 Å². The smallest absolute Gasteiger partial charge is 0.243 e. The molecule has 0 saturated heterocycles. The van der Waals surface area contributed by atoms with E-state index < -0.39 is 11.4 Å². The van der Waals surface area contributed by atoms with Crippen molar-refractivity contribution in [2.45, 2.75) is 37.3 Å². The van der Waals surface area contributed by atoms with Crippen molar-refractivity contribution in [2.75, 3.05) is 12.4 Å². The van der Waals surface area contributed by atoms with Crippen LogP contribution in [0.15, 0.2) is 24.3 Å². The number of halogens is 1. The lowest BCUT2D eigenvalue weighted by Gasteiger charge is -2.39. The number of nitrogens with two attached hydrogens (primary N) is 1. The normalized spacial score (nSPS) is 26.9. The fraction of sp³-hybridized carbons (Fsp3) is 0.500. The predicted molar refractivity (Wildman–Crippen MR) is 71.2 cm³/mol. The zero-order valence-corrected chi connectivity index (χ0v) is 11.0. The first-order valence-corrected chi connectivity index (χ1v) is 6.43. The van der Waals surface area contributed by atoms with E-state index in [1.807, 2.05) is 0 Å². The third-order valence-corrected chi connectivity index (χ3v) is 3.76. The van der Waals surface area contributed by atoms with Gasteiger partial charge in [0.15, 0.2) is 0 Å². The highest BCUT2D eigenvalue weighted by Gasteiger charge is 2.42. The number of ether oxygens (including phenoxy) is 1. The summed E-state index contributed by atoms with van der Waals surface area (Å²) in [6.07, 6.45) is 2.75. The molecule has 104 valence electrons. The Morgan fingerprint density at radius 1 is 1.53 bits per heavy atom. The lowest BCUT2D eigenvalue weighted by Crippen LogP contribution is -2.54. The van der Waals surface area contributed by atoms with E-state index in [4.69, 9.17) is 10.5 Å². The fourth-order valence-corrected chi connectivity index (χ4v) is 2.64. The Morgan fingerprint density at radius 3 is 2.89 bits per heavy atom. The zero-order chi connectivity index (χ0) is 13.9. The van der Waals surface area contributed by atoms with Gasteiger partial charge in [0.1, 0.15) is 11.4 Å². The molecule has 1 saturated carbocycles. The van der Waals surface area contributed by atoms with Gasteiger partial charge in [-0.25, -0.2) is 4.39 Å². The SMILES string of the molecule is COC1CCCC(Nc2ccccc2F)(C(N)=O)C1. The number of anilines is 1. The minimum absolute atomic E-state index is 0.0273. The summed E-state index contributed by atoms with van der Waals surface area (Å²) in [5.74, 6) is -0.847. The first-order chi connectivity index (χ1) is 9.07. The first kappa shape index (κ1) is 13.8. The van der Waals surface area contributed by atoms with Crippen LogP contribution in [0.3, 0.4) is 0 Å². The molecule has 2 rings (SSSR count). The third-order valence-electron chi connectivity index (χ3n) is 3.76. The van der Waals surface area contributed by atoms with E-state index >= 15 is 0 Å². The van der Waals surface area contributed by atoms with Crippen LogP contribution >= 0.6 is 0 Å². The van der Waals surface area contributed by atoms with E-state index in [1.165, 1.54) is 6.07 Å². The summed E-state index contributed by atoms with van der Waals surface area (Å²) in [5.41, 5.74) is 4.91. The van der Waals surface area contributed by atoms with E-state index in [2.05, 4.69) is 5.32 Å². The molecular weight excluding hydrogens is 247 g/mol. The van der Waals surface area contributed by atoms with Crippen LogP contribution in [0, 0.1) is 5.82 Å². The molecule has 1 aliphatic rings. The van der Waals surface area contributed by atoms with Crippen molar-refractivity contribution in [3.8, 4) is 0 Å². The highest BCUT2D eigenvalue weighted by Crippen LogP contribution is 2.33. The molecule has 1 aromatic rings. The van der Waals surface area contributed by atoms with E-state index in [1.54, 1.807) is 25.3 Å². The van der Waals surface area contributed by atoms with Gasteiger partial charge >= 0.3 is 0 Å². The van der Waals surface area contributed by atoms with E-state index in [0.29, 0.717) is 18.5 Å². The van der Waals surface area contributed by atoms with Crippen LogP contribution in [-0.4, -0.2) is 24.7 Å². The minimum Gasteiger partial charge on any atom is -0.381 e. The summed E-state index contributed by atoms with van der Waals surface area (Å²) < 4.78 is 19.0. The molecule has 0 bridgehead atoms. The van der Waals surface area contributed by atoms with Crippen LogP contribution in [-0.2, 0) is 9.53 Å². The number of methoxy groups -OCH3 is 1. The molecule has 0 radical (unpaired) electrons. The van der Waals surface area contributed by atoms with Gasteiger partial charge in [-0.15, -0.1) is 0 Å². The molecule has 0 heterocycles. The molecular formula is C14H19FN2O2.